The zero-order chi connectivity index (χ0) is 24.6. The van der Waals surface area contributed by atoms with E-state index in [1.807, 2.05) is 49.4 Å². The maximum absolute atomic E-state index is 14.5. The summed E-state index contributed by atoms with van der Waals surface area (Å²) in [4.78, 5) is 30.5. The number of hydrogen-bond donors (Lipinski definition) is 0. The Morgan fingerprint density at radius 2 is 1.66 bits per heavy atom. The van der Waals surface area contributed by atoms with Crippen LogP contribution in [0.3, 0.4) is 0 Å². The Bertz CT molecular complexity index is 1120. The van der Waals surface area contributed by atoms with Gasteiger partial charge in [-0.2, -0.15) is 0 Å². The molecule has 2 amide bonds. The quantitative estimate of drug-likeness (QED) is 0.394. The van der Waals surface area contributed by atoms with E-state index < -0.39 is 11.7 Å². The second kappa shape index (κ2) is 11.8. The molecule has 2 aromatic carbocycles. The number of nitrogens with zero attached hydrogens (tertiary/aromatic N) is 2. The highest BCUT2D eigenvalue weighted by Crippen LogP contribution is 2.25. The van der Waals surface area contributed by atoms with Gasteiger partial charge in [0, 0.05) is 12.6 Å². The fourth-order valence-electron chi connectivity index (χ4n) is 4.75. The number of aryl methyl sites for hydroxylation is 1. The van der Waals surface area contributed by atoms with Gasteiger partial charge in [0.25, 0.3) is 5.91 Å². The summed E-state index contributed by atoms with van der Waals surface area (Å²) in [6.45, 7) is 2.62. The summed E-state index contributed by atoms with van der Waals surface area (Å²) in [6, 6.07) is 19.7. The van der Waals surface area contributed by atoms with Crippen LogP contribution in [0.15, 0.2) is 71.1 Å². The molecule has 3 aromatic rings. The van der Waals surface area contributed by atoms with Crippen molar-refractivity contribution < 1.29 is 18.4 Å². The van der Waals surface area contributed by atoms with Crippen LogP contribution in [0.25, 0.3) is 0 Å². The van der Waals surface area contributed by atoms with Crippen molar-refractivity contribution in [2.75, 3.05) is 13.1 Å². The van der Waals surface area contributed by atoms with E-state index in [-0.39, 0.29) is 24.1 Å². The first kappa shape index (κ1) is 24.7. The lowest BCUT2D eigenvalue weighted by Crippen LogP contribution is -2.48. The van der Waals surface area contributed by atoms with Gasteiger partial charge < -0.3 is 14.2 Å². The van der Waals surface area contributed by atoms with Gasteiger partial charge in [0.2, 0.25) is 5.91 Å². The van der Waals surface area contributed by atoms with Gasteiger partial charge >= 0.3 is 0 Å². The third-order valence-electron chi connectivity index (χ3n) is 6.69. The van der Waals surface area contributed by atoms with Gasteiger partial charge in [-0.05, 0) is 56.0 Å². The van der Waals surface area contributed by atoms with E-state index >= 15 is 0 Å². The molecule has 1 aliphatic rings. The molecule has 184 valence electrons. The Morgan fingerprint density at radius 3 is 2.34 bits per heavy atom. The van der Waals surface area contributed by atoms with Crippen molar-refractivity contribution in [1.29, 1.82) is 0 Å². The molecular formula is C29H33FN2O3. The average Bonchev–Trinajstić information content (AvgIpc) is 3.30. The standard InChI is InChI=1S/C29H33FN2O3/c1-22-16-17-25(35-22)20-31(19-18-23-10-4-2-5-11-23)28(33)21-32(24-12-6-3-7-13-24)29(34)26-14-8-9-15-27(26)30/h2,4-5,8-11,14-17,24H,3,6-7,12-13,18-21H2,1H3. The molecule has 1 heterocycles. The number of carbonyl (C=O) groups excluding carboxylic acids is 2. The molecule has 0 N–H and O–H groups in total. The largest absolute Gasteiger partial charge is 0.464 e. The second-order valence-corrected chi connectivity index (χ2v) is 9.27. The Morgan fingerprint density at radius 1 is 0.943 bits per heavy atom. The molecular weight excluding hydrogens is 443 g/mol. The average molecular weight is 477 g/mol. The lowest BCUT2D eigenvalue weighted by atomic mass is 9.93. The first-order valence-corrected chi connectivity index (χ1v) is 12.4. The molecule has 35 heavy (non-hydrogen) atoms. The maximum Gasteiger partial charge on any atom is 0.257 e. The van der Waals surface area contributed by atoms with E-state index in [2.05, 4.69) is 0 Å². The predicted octanol–water partition coefficient (Wildman–Crippen LogP) is 5.77. The molecule has 0 spiro atoms. The minimum absolute atomic E-state index is 0.0170. The fraction of sp³-hybridized carbons (Fsp3) is 0.379. The van der Waals surface area contributed by atoms with Crippen LogP contribution in [-0.2, 0) is 17.8 Å². The van der Waals surface area contributed by atoms with Crippen LogP contribution in [0.5, 0.6) is 0 Å². The van der Waals surface area contributed by atoms with Crippen LogP contribution in [0, 0.1) is 12.7 Å². The lowest BCUT2D eigenvalue weighted by molar-refractivity contribution is -0.133. The number of rotatable bonds is 9. The lowest BCUT2D eigenvalue weighted by Gasteiger charge is -2.35. The van der Waals surface area contributed by atoms with E-state index in [0.717, 1.165) is 43.4 Å². The summed E-state index contributed by atoms with van der Waals surface area (Å²) in [5.74, 6) is 0.353. The van der Waals surface area contributed by atoms with Gasteiger partial charge in [0.05, 0.1) is 12.1 Å². The van der Waals surface area contributed by atoms with Gasteiger partial charge in [0.1, 0.15) is 23.9 Å². The summed E-state index contributed by atoms with van der Waals surface area (Å²) >= 11 is 0. The minimum atomic E-state index is -0.558. The van der Waals surface area contributed by atoms with Crippen LogP contribution < -0.4 is 0 Å². The first-order valence-electron chi connectivity index (χ1n) is 12.4. The molecule has 6 heteroatoms. The van der Waals surface area contributed by atoms with Crippen LogP contribution in [-0.4, -0.2) is 40.7 Å². The van der Waals surface area contributed by atoms with Gasteiger partial charge in [-0.25, -0.2) is 4.39 Å². The van der Waals surface area contributed by atoms with Gasteiger partial charge in [-0.3, -0.25) is 9.59 Å². The van der Waals surface area contributed by atoms with Crippen molar-refractivity contribution in [3.8, 4) is 0 Å². The summed E-state index contributed by atoms with van der Waals surface area (Å²) in [5.41, 5.74) is 1.15. The zero-order valence-electron chi connectivity index (χ0n) is 20.3. The Kier molecular flexibility index (Phi) is 8.35. The summed E-state index contributed by atoms with van der Waals surface area (Å²) in [6.07, 6.45) is 5.47. The summed E-state index contributed by atoms with van der Waals surface area (Å²) in [5, 5.41) is 0. The Labute approximate surface area is 206 Å². The number of carbonyl (C=O) groups is 2. The fourth-order valence-corrected chi connectivity index (χ4v) is 4.75. The van der Waals surface area contributed by atoms with Crippen molar-refractivity contribution >= 4 is 11.8 Å². The molecule has 1 fully saturated rings. The predicted molar refractivity (Wildman–Crippen MR) is 133 cm³/mol. The highest BCUT2D eigenvalue weighted by Gasteiger charge is 2.31. The molecule has 0 atom stereocenters. The van der Waals surface area contributed by atoms with Crippen molar-refractivity contribution in [2.45, 2.75) is 58.0 Å². The van der Waals surface area contributed by atoms with Crippen molar-refractivity contribution in [3.05, 3.63) is 95.2 Å². The van der Waals surface area contributed by atoms with Gasteiger partial charge in [-0.1, -0.05) is 61.7 Å². The van der Waals surface area contributed by atoms with Crippen LogP contribution >= 0.6 is 0 Å². The van der Waals surface area contributed by atoms with E-state index in [9.17, 15) is 14.0 Å². The number of furan rings is 1. The molecule has 0 aliphatic heterocycles. The van der Waals surface area contributed by atoms with Crippen LogP contribution in [0.1, 0.15) is 59.5 Å². The van der Waals surface area contributed by atoms with E-state index in [4.69, 9.17) is 4.42 Å². The highest BCUT2D eigenvalue weighted by atomic mass is 19.1. The highest BCUT2D eigenvalue weighted by molar-refractivity contribution is 5.97. The van der Waals surface area contributed by atoms with Crippen LogP contribution in [0.4, 0.5) is 4.39 Å². The van der Waals surface area contributed by atoms with Gasteiger partial charge in [-0.15, -0.1) is 0 Å². The molecule has 4 rings (SSSR count). The monoisotopic (exact) mass is 476 g/mol. The number of benzene rings is 2. The van der Waals surface area contributed by atoms with Gasteiger partial charge in [0.15, 0.2) is 0 Å². The maximum atomic E-state index is 14.5. The first-order chi connectivity index (χ1) is 17.0. The van der Waals surface area contributed by atoms with Crippen molar-refractivity contribution in [1.82, 2.24) is 9.80 Å². The summed E-state index contributed by atoms with van der Waals surface area (Å²) < 4.78 is 20.3. The Balaban J connectivity index is 1.55. The normalized spacial score (nSPS) is 14.0. The molecule has 1 saturated carbocycles. The molecule has 0 bridgehead atoms. The second-order valence-electron chi connectivity index (χ2n) is 9.27. The number of hydrogen-bond acceptors (Lipinski definition) is 3. The SMILES string of the molecule is Cc1ccc(CN(CCc2ccccc2)C(=O)CN(C(=O)c2ccccc2F)C2CCCCC2)o1. The molecule has 5 nitrogen and oxygen atoms in total. The molecule has 0 radical (unpaired) electrons. The smallest absolute Gasteiger partial charge is 0.257 e. The van der Waals surface area contributed by atoms with E-state index in [0.29, 0.717) is 25.3 Å². The molecule has 1 aromatic heterocycles. The third kappa shape index (κ3) is 6.59. The van der Waals surface area contributed by atoms with Crippen molar-refractivity contribution in [2.24, 2.45) is 0 Å². The number of amides is 2. The summed E-state index contributed by atoms with van der Waals surface area (Å²) in [7, 11) is 0. The van der Waals surface area contributed by atoms with Crippen LogP contribution in [0.2, 0.25) is 0 Å². The van der Waals surface area contributed by atoms with E-state index in [1.54, 1.807) is 21.9 Å². The molecule has 0 unspecified atom stereocenters. The van der Waals surface area contributed by atoms with E-state index in [1.165, 1.54) is 12.1 Å². The topological polar surface area (TPSA) is 53.8 Å². The molecule has 0 saturated heterocycles. The van der Waals surface area contributed by atoms with Crippen molar-refractivity contribution in [3.63, 3.8) is 0 Å². The number of halogens is 1. The molecule has 1 aliphatic carbocycles. The zero-order valence-corrected chi connectivity index (χ0v) is 20.3. The third-order valence-corrected chi connectivity index (χ3v) is 6.69. The minimum Gasteiger partial charge on any atom is -0.464 e. The Hall–Kier alpha value is -3.41.